The lowest BCUT2D eigenvalue weighted by atomic mass is 9.85. The summed E-state index contributed by atoms with van der Waals surface area (Å²) in [5.74, 6) is 1.24. The smallest absolute Gasteiger partial charge is 0.0608 e. The van der Waals surface area contributed by atoms with Crippen molar-refractivity contribution in [2.45, 2.75) is 57.7 Å². The number of fused-ring (bicyclic) bond motifs is 1. The van der Waals surface area contributed by atoms with Gasteiger partial charge in [0.2, 0.25) is 0 Å². The van der Waals surface area contributed by atoms with Crippen molar-refractivity contribution >= 4 is 0 Å². The van der Waals surface area contributed by atoms with Gasteiger partial charge in [0.1, 0.15) is 0 Å². The summed E-state index contributed by atoms with van der Waals surface area (Å²) in [6.45, 7) is 2.40. The van der Waals surface area contributed by atoms with Gasteiger partial charge in [0, 0.05) is 6.61 Å². The zero-order chi connectivity index (χ0) is 9.97. The van der Waals surface area contributed by atoms with E-state index in [9.17, 15) is 0 Å². The maximum atomic E-state index is 9.00. The molecule has 0 radical (unpaired) electrons. The third-order valence-corrected chi connectivity index (χ3v) is 3.75. The van der Waals surface area contributed by atoms with Crippen molar-refractivity contribution in [3.05, 3.63) is 0 Å². The normalized spacial score (nSPS) is 39.4. The summed E-state index contributed by atoms with van der Waals surface area (Å²) in [7, 11) is 0. The highest BCUT2D eigenvalue weighted by Gasteiger charge is 2.36. The van der Waals surface area contributed by atoms with Gasteiger partial charge in [0.05, 0.1) is 12.2 Å². The fourth-order valence-electron chi connectivity index (χ4n) is 2.94. The van der Waals surface area contributed by atoms with E-state index in [-0.39, 0.29) is 0 Å². The minimum atomic E-state index is 0.301. The van der Waals surface area contributed by atoms with Crippen LogP contribution < -0.4 is 0 Å². The zero-order valence-corrected chi connectivity index (χ0v) is 9.11. The van der Waals surface area contributed by atoms with Crippen LogP contribution in [0.15, 0.2) is 0 Å². The van der Waals surface area contributed by atoms with Crippen molar-refractivity contribution in [1.82, 2.24) is 0 Å². The van der Waals surface area contributed by atoms with Crippen LogP contribution >= 0.6 is 0 Å². The van der Waals surface area contributed by atoms with Gasteiger partial charge in [-0.1, -0.05) is 19.8 Å². The minimum absolute atomic E-state index is 0.301. The third kappa shape index (κ3) is 2.29. The first kappa shape index (κ1) is 10.4. The molecule has 2 rings (SSSR count). The van der Waals surface area contributed by atoms with Crippen LogP contribution in [0.3, 0.4) is 0 Å². The average molecular weight is 198 g/mol. The second-order valence-corrected chi connectivity index (χ2v) is 5.10. The maximum Gasteiger partial charge on any atom is 0.0608 e. The minimum Gasteiger partial charge on any atom is -0.396 e. The predicted molar refractivity (Wildman–Crippen MR) is 56.1 cm³/mol. The van der Waals surface area contributed by atoms with E-state index < -0.39 is 0 Å². The van der Waals surface area contributed by atoms with Gasteiger partial charge in [-0.15, -0.1) is 0 Å². The van der Waals surface area contributed by atoms with Gasteiger partial charge < -0.3 is 9.84 Å². The fraction of sp³-hybridized carbons (Fsp3) is 1.00. The van der Waals surface area contributed by atoms with Crippen molar-refractivity contribution in [3.8, 4) is 0 Å². The number of hydrogen-bond acceptors (Lipinski definition) is 2. The van der Waals surface area contributed by atoms with Gasteiger partial charge in [0.25, 0.3) is 0 Å². The molecule has 4 unspecified atom stereocenters. The lowest BCUT2D eigenvalue weighted by molar-refractivity contribution is 0.00622. The topological polar surface area (TPSA) is 29.5 Å². The molecule has 1 aliphatic carbocycles. The number of aliphatic hydroxyl groups excluding tert-OH is 1. The summed E-state index contributed by atoms with van der Waals surface area (Å²) in [4.78, 5) is 0. The van der Waals surface area contributed by atoms with E-state index in [1.165, 1.54) is 32.1 Å². The third-order valence-electron chi connectivity index (χ3n) is 3.75. The highest BCUT2D eigenvalue weighted by molar-refractivity contribution is 4.85. The Morgan fingerprint density at radius 2 is 2.14 bits per heavy atom. The van der Waals surface area contributed by atoms with Crippen LogP contribution in [0.1, 0.15) is 45.4 Å². The van der Waals surface area contributed by atoms with Gasteiger partial charge in [-0.25, -0.2) is 0 Å². The molecule has 1 saturated heterocycles. The first-order valence-electron chi connectivity index (χ1n) is 6.06. The van der Waals surface area contributed by atoms with Gasteiger partial charge in [0.15, 0.2) is 0 Å². The fourth-order valence-corrected chi connectivity index (χ4v) is 2.94. The molecule has 1 N–H and O–H groups in total. The van der Waals surface area contributed by atoms with Crippen LogP contribution in [0.25, 0.3) is 0 Å². The summed E-state index contributed by atoms with van der Waals surface area (Å²) in [6, 6.07) is 0. The quantitative estimate of drug-likeness (QED) is 0.754. The van der Waals surface area contributed by atoms with Crippen LogP contribution in [-0.2, 0) is 4.74 Å². The summed E-state index contributed by atoms with van der Waals surface area (Å²) in [6.07, 6.45) is 8.67. The van der Waals surface area contributed by atoms with Crippen LogP contribution in [0, 0.1) is 11.8 Å². The number of rotatable bonds is 3. The van der Waals surface area contributed by atoms with Crippen LogP contribution in [0.2, 0.25) is 0 Å². The lowest BCUT2D eigenvalue weighted by Crippen LogP contribution is -2.20. The lowest BCUT2D eigenvalue weighted by Gasteiger charge is -2.23. The average Bonchev–Trinajstić information content (AvgIpc) is 2.59. The number of aliphatic hydroxyl groups is 1. The van der Waals surface area contributed by atoms with Gasteiger partial charge in [-0.05, 0) is 37.5 Å². The van der Waals surface area contributed by atoms with Crippen molar-refractivity contribution < 1.29 is 9.84 Å². The van der Waals surface area contributed by atoms with Crippen LogP contribution in [0.5, 0.6) is 0 Å². The van der Waals surface area contributed by atoms with Crippen molar-refractivity contribution in [2.75, 3.05) is 6.61 Å². The predicted octanol–water partition coefficient (Wildman–Crippen LogP) is 2.35. The molecule has 0 aromatic carbocycles. The largest absolute Gasteiger partial charge is 0.396 e. The monoisotopic (exact) mass is 198 g/mol. The number of ether oxygens (including phenoxy) is 1. The van der Waals surface area contributed by atoms with Gasteiger partial charge in [-0.3, -0.25) is 0 Å². The Bertz CT molecular complexity index is 167. The molecular weight excluding hydrogens is 176 g/mol. The van der Waals surface area contributed by atoms with E-state index in [1.807, 2.05) is 0 Å². The molecule has 0 aromatic rings. The van der Waals surface area contributed by atoms with E-state index >= 15 is 0 Å². The van der Waals surface area contributed by atoms with E-state index in [4.69, 9.17) is 9.84 Å². The maximum absolute atomic E-state index is 9.00. The molecule has 1 saturated carbocycles. The molecule has 1 heterocycles. The first-order valence-corrected chi connectivity index (χ1v) is 6.06. The zero-order valence-electron chi connectivity index (χ0n) is 9.11. The molecule has 0 bridgehead atoms. The first-order chi connectivity index (χ1) is 6.79. The Kier molecular flexibility index (Phi) is 3.45. The number of hydrogen-bond donors (Lipinski definition) is 1. The molecule has 82 valence electrons. The van der Waals surface area contributed by atoms with E-state index in [2.05, 4.69) is 6.92 Å². The molecule has 2 nitrogen and oxygen atoms in total. The molecule has 0 aromatic heterocycles. The highest BCUT2D eigenvalue weighted by atomic mass is 16.5. The molecule has 4 atom stereocenters. The molecule has 0 spiro atoms. The van der Waals surface area contributed by atoms with E-state index in [1.54, 1.807) is 0 Å². The van der Waals surface area contributed by atoms with Crippen molar-refractivity contribution in [2.24, 2.45) is 11.8 Å². The second kappa shape index (κ2) is 4.63. The van der Waals surface area contributed by atoms with Gasteiger partial charge >= 0.3 is 0 Å². The summed E-state index contributed by atoms with van der Waals surface area (Å²) in [5, 5.41) is 9.00. The standard InChI is InChI=1S/C12H22O2/c1-9(8-13)6-11-7-10-4-2-3-5-12(10)14-11/h9-13H,2-8H2,1H3. The SMILES string of the molecule is CC(CO)CC1CC2CCCCC2O1. The van der Waals surface area contributed by atoms with E-state index in [0.717, 1.165) is 12.3 Å². The second-order valence-electron chi connectivity index (χ2n) is 5.10. The summed E-state index contributed by atoms with van der Waals surface area (Å²) >= 11 is 0. The van der Waals surface area contributed by atoms with Crippen molar-refractivity contribution in [3.63, 3.8) is 0 Å². The highest BCUT2D eigenvalue weighted by Crippen LogP contribution is 2.38. The molecule has 1 aliphatic heterocycles. The molecule has 2 fully saturated rings. The van der Waals surface area contributed by atoms with Crippen LogP contribution in [-0.4, -0.2) is 23.9 Å². The van der Waals surface area contributed by atoms with Crippen molar-refractivity contribution in [1.29, 1.82) is 0 Å². The Morgan fingerprint density at radius 3 is 2.86 bits per heavy atom. The Hall–Kier alpha value is -0.0800. The van der Waals surface area contributed by atoms with E-state index in [0.29, 0.717) is 24.7 Å². The van der Waals surface area contributed by atoms with Gasteiger partial charge in [-0.2, -0.15) is 0 Å². The Morgan fingerprint density at radius 1 is 1.36 bits per heavy atom. The summed E-state index contributed by atoms with van der Waals surface area (Å²) in [5.41, 5.74) is 0. The Labute approximate surface area is 86.6 Å². The summed E-state index contributed by atoms with van der Waals surface area (Å²) < 4.78 is 6.03. The molecule has 14 heavy (non-hydrogen) atoms. The molecule has 2 heteroatoms. The molecule has 2 aliphatic rings. The van der Waals surface area contributed by atoms with Crippen LogP contribution in [0.4, 0.5) is 0 Å². The molecule has 0 amide bonds. The molecular formula is C12H22O2. The Balaban J connectivity index is 1.80.